The SMILES string of the molecule is CCOC(=O)c1c(NC(=O)CCC(=O)c2ccc(OC)cc2)oc(C)c1C(C)=O. The number of ketones is 2. The molecule has 8 nitrogen and oxygen atoms in total. The van der Waals surface area contributed by atoms with Gasteiger partial charge in [0, 0.05) is 18.4 Å². The van der Waals surface area contributed by atoms with Crippen molar-refractivity contribution in [3.8, 4) is 5.75 Å². The molecule has 1 N–H and O–H groups in total. The second-order valence-electron chi connectivity index (χ2n) is 6.21. The predicted octanol–water partition coefficient (Wildman–Crippen LogP) is 3.58. The molecule has 0 aliphatic carbocycles. The number of anilines is 1. The Morgan fingerprint density at radius 2 is 1.69 bits per heavy atom. The molecule has 0 saturated carbocycles. The number of nitrogens with one attached hydrogen (secondary N) is 1. The molecule has 1 aromatic heterocycles. The van der Waals surface area contributed by atoms with Crippen LogP contribution < -0.4 is 10.1 Å². The molecule has 0 saturated heterocycles. The molecule has 0 bridgehead atoms. The molecule has 1 aromatic carbocycles. The molecule has 2 aromatic rings. The van der Waals surface area contributed by atoms with E-state index >= 15 is 0 Å². The number of rotatable bonds is 9. The van der Waals surface area contributed by atoms with Gasteiger partial charge in [-0.1, -0.05) is 0 Å². The maximum atomic E-state index is 12.3. The Bertz CT molecular complexity index is 925. The zero-order valence-corrected chi connectivity index (χ0v) is 16.8. The molecule has 8 heteroatoms. The van der Waals surface area contributed by atoms with Gasteiger partial charge in [0.05, 0.1) is 19.3 Å². The van der Waals surface area contributed by atoms with Gasteiger partial charge in [-0.2, -0.15) is 0 Å². The van der Waals surface area contributed by atoms with Crippen LogP contribution in [0.15, 0.2) is 28.7 Å². The fourth-order valence-electron chi connectivity index (χ4n) is 2.79. The van der Waals surface area contributed by atoms with Crippen molar-refractivity contribution >= 4 is 29.3 Å². The minimum absolute atomic E-state index is 0.0356. The van der Waals surface area contributed by atoms with Crippen molar-refractivity contribution < 1.29 is 33.1 Å². The topological polar surface area (TPSA) is 112 Å². The second-order valence-corrected chi connectivity index (χ2v) is 6.21. The number of carbonyl (C=O) groups excluding carboxylic acids is 4. The largest absolute Gasteiger partial charge is 0.497 e. The number of Topliss-reactive ketones (excluding diaryl/α,β-unsaturated/α-hetero) is 2. The molecule has 0 fully saturated rings. The normalized spacial score (nSPS) is 10.3. The molecule has 1 amide bonds. The van der Waals surface area contributed by atoms with Crippen molar-refractivity contribution in [1.82, 2.24) is 0 Å². The van der Waals surface area contributed by atoms with Gasteiger partial charge in [0.1, 0.15) is 17.1 Å². The van der Waals surface area contributed by atoms with E-state index in [4.69, 9.17) is 13.9 Å². The highest BCUT2D eigenvalue weighted by molar-refractivity contribution is 6.11. The highest BCUT2D eigenvalue weighted by Gasteiger charge is 2.28. The summed E-state index contributed by atoms with van der Waals surface area (Å²) in [5, 5.41) is 2.46. The first-order valence-corrected chi connectivity index (χ1v) is 9.07. The molecular weight excluding hydrogens is 378 g/mol. The summed E-state index contributed by atoms with van der Waals surface area (Å²) in [6, 6.07) is 6.56. The van der Waals surface area contributed by atoms with Crippen LogP contribution in [-0.2, 0) is 9.53 Å². The number of amides is 1. The molecule has 0 aliphatic rings. The Morgan fingerprint density at radius 3 is 2.24 bits per heavy atom. The molecule has 154 valence electrons. The zero-order chi connectivity index (χ0) is 21.6. The van der Waals surface area contributed by atoms with Crippen molar-refractivity contribution in [1.29, 1.82) is 0 Å². The molecular formula is C21H23NO7. The summed E-state index contributed by atoms with van der Waals surface area (Å²) in [5.41, 5.74) is 0.401. The van der Waals surface area contributed by atoms with Crippen molar-refractivity contribution in [3.05, 3.63) is 46.7 Å². The van der Waals surface area contributed by atoms with Gasteiger partial charge in [0.25, 0.3) is 0 Å². The fraction of sp³-hybridized carbons (Fsp3) is 0.333. The van der Waals surface area contributed by atoms with Gasteiger partial charge in [-0.15, -0.1) is 0 Å². The van der Waals surface area contributed by atoms with E-state index in [0.717, 1.165) is 0 Å². The number of esters is 1. The van der Waals surface area contributed by atoms with Crippen molar-refractivity contribution in [3.63, 3.8) is 0 Å². The third-order valence-corrected chi connectivity index (χ3v) is 4.16. The van der Waals surface area contributed by atoms with E-state index < -0.39 is 11.9 Å². The summed E-state index contributed by atoms with van der Waals surface area (Å²) >= 11 is 0. The van der Waals surface area contributed by atoms with Crippen LogP contribution in [0.3, 0.4) is 0 Å². The first kappa shape index (κ1) is 21.9. The molecule has 29 heavy (non-hydrogen) atoms. The minimum atomic E-state index is -0.765. The molecule has 0 atom stereocenters. The van der Waals surface area contributed by atoms with Crippen LogP contribution in [-0.4, -0.2) is 37.2 Å². The van der Waals surface area contributed by atoms with Crippen molar-refractivity contribution in [2.24, 2.45) is 0 Å². The second kappa shape index (κ2) is 9.68. The quantitative estimate of drug-likeness (QED) is 0.505. The van der Waals surface area contributed by atoms with E-state index in [1.807, 2.05) is 0 Å². The average molecular weight is 401 g/mol. The number of methoxy groups -OCH3 is 1. The number of aryl methyl sites for hydroxylation is 1. The average Bonchev–Trinajstić information content (AvgIpc) is 3.02. The standard InChI is InChI=1S/C21H23NO7/c1-5-28-21(26)19-18(12(2)23)13(3)29-20(19)22-17(25)11-10-16(24)14-6-8-15(27-4)9-7-14/h6-9H,5,10-11H2,1-4H3,(H,22,25). The van der Waals surface area contributed by atoms with Crippen LogP contribution in [0, 0.1) is 6.92 Å². The monoisotopic (exact) mass is 401 g/mol. The fourth-order valence-corrected chi connectivity index (χ4v) is 2.79. The van der Waals surface area contributed by atoms with Gasteiger partial charge >= 0.3 is 5.97 Å². The number of benzene rings is 1. The summed E-state index contributed by atoms with van der Waals surface area (Å²) in [7, 11) is 1.53. The van der Waals surface area contributed by atoms with E-state index in [1.165, 1.54) is 21.0 Å². The zero-order valence-electron chi connectivity index (χ0n) is 16.8. The van der Waals surface area contributed by atoms with Gasteiger partial charge in [-0.05, 0) is 45.0 Å². The Kier molecular flexibility index (Phi) is 7.30. The molecule has 0 spiro atoms. The summed E-state index contributed by atoms with van der Waals surface area (Å²) in [4.78, 5) is 48.7. The van der Waals surface area contributed by atoms with Gasteiger partial charge < -0.3 is 13.9 Å². The van der Waals surface area contributed by atoms with E-state index in [9.17, 15) is 19.2 Å². The minimum Gasteiger partial charge on any atom is -0.497 e. The molecule has 1 heterocycles. The Labute approximate surface area is 168 Å². The lowest BCUT2D eigenvalue weighted by Gasteiger charge is -2.06. The Balaban J connectivity index is 2.09. The Morgan fingerprint density at radius 1 is 1.03 bits per heavy atom. The van der Waals surface area contributed by atoms with Crippen LogP contribution in [0.2, 0.25) is 0 Å². The van der Waals surface area contributed by atoms with Crippen LogP contribution in [0.4, 0.5) is 5.88 Å². The summed E-state index contributed by atoms with van der Waals surface area (Å²) in [6.07, 6.45) is -0.158. The smallest absolute Gasteiger partial charge is 0.344 e. The summed E-state index contributed by atoms with van der Waals surface area (Å²) < 4.78 is 15.4. The maximum absolute atomic E-state index is 12.3. The van der Waals surface area contributed by atoms with E-state index in [0.29, 0.717) is 11.3 Å². The highest BCUT2D eigenvalue weighted by Crippen LogP contribution is 2.28. The van der Waals surface area contributed by atoms with Gasteiger partial charge in [-0.25, -0.2) is 4.79 Å². The van der Waals surface area contributed by atoms with E-state index in [1.54, 1.807) is 31.2 Å². The van der Waals surface area contributed by atoms with Crippen molar-refractivity contribution in [2.45, 2.75) is 33.6 Å². The number of hydrogen-bond donors (Lipinski definition) is 1. The Hall–Kier alpha value is -3.42. The number of hydrogen-bond acceptors (Lipinski definition) is 7. The van der Waals surface area contributed by atoms with Crippen LogP contribution in [0.5, 0.6) is 5.75 Å². The lowest BCUT2D eigenvalue weighted by atomic mass is 10.1. The van der Waals surface area contributed by atoms with Crippen molar-refractivity contribution in [2.75, 3.05) is 19.0 Å². The molecule has 0 aliphatic heterocycles. The number of ether oxygens (including phenoxy) is 2. The number of furan rings is 1. The van der Waals surface area contributed by atoms with Gasteiger partial charge in [-0.3, -0.25) is 19.7 Å². The first-order valence-electron chi connectivity index (χ1n) is 9.07. The number of carbonyl (C=O) groups is 4. The molecule has 0 radical (unpaired) electrons. The van der Waals surface area contributed by atoms with E-state index in [-0.39, 0.29) is 53.8 Å². The summed E-state index contributed by atoms with van der Waals surface area (Å²) in [5.74, 6) is -1.23. The van der Waals surface area contributed by atoms with Crippen LogP contribution in [0.25, 0.3) is 0 Å². The van der Waals surface area contributed by atoms with Gasteiger partial charge in [0.15, 0.2) is 11.6 Å². The third kappa shape index (κ3) is 5.31. The predicted molar refractivity (Wildman–Crippen MR) is 105 cm³/mol. The first-order chi connectivity index (χ1) is 13.8. The molecule has 2 rings (SSSR count). The van der Waals surface area contributed by atoms with Crippen LogP contribution in [0.1, 0.15) is 63.5 Å². The van der Waals surface area contributed by atoms with E-state index in [2.05, 4.69) is 5.32 Å². The lowest BCUT2D eigenvalue weighted by Crippen LogP contribution is -2.17. The van der Waals surface area contributed by atoms with Gasteiger partial charge in [0.2, 0.25) is 11.8 Å². The maximum Gasteiger partial charge on any atom is 0.344 e. The third-order valence-electron chi connectivity index (χ3n) is 4.16. The lowest BCUT2D eigenvalue weighted by molar-refractivity contribution is -0.116. The highest BCUT2D eigenvalue weighted by atomic mass is 16.5. The van der Waals surface area contributed by atoms with Crippen LogP contribution >= 0.6 is 0 Å². The summed E-state index contributed by atoms with van der Waals surface area (Å²) in [6.45, 7) is 4.54. The molecule has 0 unspecified atom stereocenters.